The summed E-state index contributed by atoms with van der Waals surface area (Å²) in [6.45, 7) is 0. The predicted octanol–water partition coefficient (Wildman–Crippen LogP) is 2.82. The molecule has 0 saturated heterocycles. The van der Waals surface area contributed by atoms with Crippen LogP contribution in [-0.2, 0) is 0 Å². The molecule has 1 N–H and O–H groups in total. The van der Waals surface area contributed by atoms with Crippen LogP contribution in [0.15, 0.2) is 42.7 Å². The Morgan fingerprint density at radius 1 is 1.05 bits per heavy atom. The average molecular weight is 267 g/mol. The molecule has 0 unspecified atom stereocenters. The topological polar surface area (TPSA) is 54.9 Å². The fourth-order valence-corrected chi connectivity index (χ4v) is 2.53. The smallest absolute Gasteiger partial charge is 0.253 e. The van der Waals surface area contributed by atoms with Gasteiger partial charge in [0.05, 0.1) is 17.0 Å². The average Bonchev–Trinajstić information content (AvgIpc) is 3.01. The van der Waals surface area contributed by atoms with Gasteiger partial charge in [-0.15, -0.1) is 0 Å². The Morgan fingerprint density at radius 2 is 1.85 bits per heavy atom. The van der Waals surface area contributed by atoms with Gasteiger partial charge in [0, 0.05) is 18.4 Å². The lowest BCUT2D eigenvalue weighted by atomic mass is 10.2. The van der Waals surface area contributed by atoms with E-state index < -0.39 is 0 Å². The molecular formula is C16H17N3O. The zero-order chi connectivity index (χ0) is 13.8. The Morgan fingerprint density at radius 3 is 2.50 bits per heavy atom. The quantitative estimate of drug-likeness (QED) is 0.930. The van der Waals surface area contributed by atoms with E-state index in [0.29, 0.717) is 11.6 Å². The van der Waals surface area contributed by atoms with E-state index in [-0.39, 0.29) is 5.91 Å². The zero-order valence-electron chi connectivity index (χ0n) is 11.2. The van der Waals surface area contributed by atoms with Gasteiger partial charge in [0.25, 0.3) is 5.91 Å². The van der Waals surface area contributed by atoms with E-state index in [1.807, 2.05) is 24.3 Å². The van der Waals surface area contributed by atoms with Gasteiger partial charge in [0.15, 0.2) is 0 Å². The van der Waals surface area contributed by atoms with Crippen molar-refractivity contribution in [3.05, 3.63) is 48.3 Å². The van der Waals surface area contributed by atoms with Crippen molar-refractivity contribution in [3.8, 4) is 11.4 Å². The highest BCUT2D eigenvalue weighted by Gasteiger charge is 2.18. The first-order chi connectivity index (χ1) is 9.83. The van der Waals surface area contributed by atoms with Crippen LogP contribution in [-0.4, -0.2) is 21.9 Å². The lowest BCUT2D eigenvalue weighted by molar-refractivity contribution is 0.0937. The first-order valence-corrected chi connectivity index (χ1v) is 7.01. The summed E-state index contributed by atoms with van der Waals surface area (Å²) in [5.74, 6) is -0.0306. The van der Waals surface area contributed by atoms with Gasteiger partial charge in [-0.1, -0.05) is 18.9 Å². The van der Waals surface area contributed by atoms with Crippen molar-refractivity contribution in [3.63, 3.8) is 0 Å². The number of nitrogens with one attached hydrogen (secondary N) is 1. The third kappa shape index (κ3) is 2.85. The first-order valence-electron chi connectivity index (χ1n) is 7.01. The molecule has 0 aliphatic heterocycles. The second-order valence-electron chi connectivity index (χ2n) is 5.10. The molecule has 1 saturated carbocycles. The molecule has 102 valence electrons. The number of rotatable bonds is 3. The molecule has 0 bridgehead atoms. The number of pyridine rings is 2. The van der Waals surface area contributed by atoms with Crippen molar-refractivity contribution in [2.24, 2.45) is 0 Å². The molecule has 0 spiro atoms. The number of aromatic nitrogens is 2. The van der Waals surface area contributed by atoms with E-state index in [2.05, 4.69) is 15.3 Å². The van der Waals surface area contributed by atoms with Gasteiger partial charge in [-0.2, -0.15) is 0 Å². The minimum Gasteiger partial charge on any atom is -0.349 e. The summed E-state index contributed by atoms with van der Waals surface area (Å²) in [5.41, 5.74) is 2.20. The minimum atomic E-state index is -0.0306. The molecule has 2 aromatic rings. The largest absolute Gasteiger partial charge is 0.349 e. The SMILES string of the molecule is O=C(NC1CCCC1)c1ccc(-c2ccccn2)nc1. The second kappa shape index (κ2) is 5.82. The van der Waals surface area contributed by atoms with Crippen molar-refractivity contribution in [2.75, 3.05) is 0 Å². The van der Waals surface area contributed by atoms with E-state index in [0.717, 1.165) is 24.2 Å². The lowest BCUT2D eigenvalue weighted by Gasteiger charge is -2.11. The van der Waals surface area contributed by atoms with Crippen molar-refractivity contribution in [2.45, 2.75) is 31.7 Å². The summed E-state index contributed by atoms with van der Waals surface area (Å²) in [5, 5.41) is 3.06. The second-order valence-corrected chi connectivity index (χ2v) is 5.10. The molecule has 4 nitrogen and oxygen atoms in total. The van der Waals surface area contributed by atoms with E-state index >= 15 is 0 Å². The number of amides is 1. The van der Waals surface area contributed by atoms with Crippen LogP contribution in [0.1, 0.15) is 36.0 Å². The summed E-state index contributed by atoms with van der Waals surface area (Å²) in [6.07, 6.45) is 7.95. The fourth-order valence-electron chi connectivity index (χ4n) is 2.53. The Balaban J connectivity index is 1.71. The maximum Gasteiger partial charge on any atom is 0.253 e. The molecule has 2 aromatic heterocycles. The molecule has 1 amide bonds. The Hall–Kier alpha value is -2.23. The monoisotopic (exact) mass is 267 g/mol. The maximum absolute atomic E-state index is 12.1. The molecule has 1 fully saturated rings. The summed E-state index contributed by atoms with van der Waals surface area (Å²) in [7, 11) is 0. The van der Waals surface area contributed by atoms with Crippen LogP contribution in [0.3, 0.4) is 0 Å². The summed E-state index contributed by atoms with van der Waals surface area (Å²) < 4.78 is 0. The van der Waals surface area contributed by atoms with Crippen LogP contribution >= 0.6 is 0 Å². The first kappa shape index (κ1) is 12.8. The van der Waals surface area contributed by atoms with E-state index in [1.54, 1.807) is 18.5 Å². The van der Waals surface area contributed by atoms with E-state index in [9.17, 15) is 4.79 Å². The highest BCUT2D eigenvalue weighted by Crippen LogP contribution is 2.18. The molecule has 1 aliphatic carbocycles. The van der Waals surface area contributed by atoms with Crippen molar-refractivity contribution in [1.82, 2.24) is 15.3 Å². The number of nitrogens with zero attached hydrogens (tertiary/aromatic N) is 2. The molecule has 3 rings (SSSR count). The third-order valence-corrected chi connectivity index (χ3v) is 3.64. The van der Waals surface area contributed by atoms with Gasteiger partial charge in [-0.25, -0.2) is 0 Å². The summed E-state index contributed by atoms with van der Waals surface area (Å²) in [6, 6.07) is 9.67. The molecule has 2 heterocycles. The lowest BCUT2D eigenvalue weighted by Crippen LogP contribution is -2.32. The van der Waals surface area contributed by atoms with Gasteiger partial charge in [0.1, 0.15) is 0 Å². The van der Waals surface area contributed by atoms with Crippen LogP contribution < -0.4 is 5.32 Å². The van der Waals surface area contributed by atoms with E-state index in [4.69, 9.17) is 0 Å². The zero-order valence-corrected chi connectivity index (χ0v) is 11.2. The van der Waals surface area contributed by atoms with Gasteiger partial charge < -0.3 is 5.32 Å². The standard InChI is InChI=1S/C16H17N3O/c20-16(19-13-5-1-2-6-13)12-8-9-15(18-11-12)14-7-3-4-10-17-14/h3-4,7-11,13H,1-2,5-6H2,(H,19,20). The Kier molecular flexibility index (Phi) is 3.72. The maximum atomic E-state index is 12.1. The highest BCUT2D eigenvalue weighted by molar-refractivity contribution is 5.94. The van der Waals surface area contributed by atoms with Crippen molar-refractivity contribution >= 4 is 5.91 Å². The van der Waals surface area contributed by atoms with E-state index in [1.165, 1.54) is 12.8 Å². The highest BCUT2D eigenvalue weighted by atomic mass is 16.1. The molecule has 20 heavy (non-hydrogen) atoms. The van der Waals surface area contributed by atoms with Gasteiger partial charge in [-0.05, 0) is 37.1 Å². The van der Waals surface area contributed by atoms with Crippen LogP contribution in [0.5, 0.6) is 0 Å². The molecule has 0 radical (unpaired) electrons. The normalized spacial score (nSPS) is 15.2. The number of carbonyl (C=O) groups is 1. The fraction of sp³-hybridized carbons (Fsp3) is 0.312. The molecular weight excluding hydrogens is 250 g/mol. The third-order valence-electron chi connectivity index (χ3n) is 3.64. The Bertz CT molecular complexity index is 574. The van der Waals surface area contributed by atoms with Crippen LogP contribution in [0.4, 0.5) is 0 Å². The summed E-state index contributed by atoms with van der Waals surface area (Å²) >= 11 is 0. The van der Waals surface area contributed by atoms with Crippen LogP contribution in [0.25, 0.3) is 11.4 Å². The Labute approximate surface area is 118 Å². The van der Waals surface area contributed by atoms with Crippen LogP contribution in [0, 0.1) is 0 Å². The molecule has 0 atom stereocenters. The summed E-state index contributed by atoms with van der Waals surface area (Å²) in [4.78, 5) is 20.6. The number of hydrogen-bond donors (Lipinski definition) is 1. The van der Waals surface area contributed by atoms with Gasteiger partial charge >= 0.3 is 0 Å². The minimum absolute atomic E-state index is 0.0306. The molecule has 4 heteroatoms. The molecule has 0 aromatic carbocycles. The number of hydrogen-bond acceptors (Lipinski definition) is 3. The van der Waals surface area contributed by atoms with Gasteiger partial charge in [0.2, 0.25) is 0 Å². The predicted molar refractivity (Wildman–Crippen MR) is 77.2 cm³/mol. The number of carbonyl (C=O) groups excluding carboxylic acids is 1. The van der Waals surface area contributed by atoms with Crippen molar-refractivity contribution < 1.29 is 4.79 Å². The van der Waals surface area contributed by atoms with Crippen molar-refractivity contribution in [1.29, 1.82) is 0 Å². The van der Waals surface area contributed by atoms with Gasteiger partial charge in [-0.3, -0.25) is 14.8 Å². The van der Waals surface area contributed by atoms with Crippen LogP contribution in [0.2, 0.25) is 0 Å². The molecule has 1 aliphatic rings.